The van der Waals surface area contributed by atoms with Gasteiger partial charge < -0.3 is 0 Å². The second-order valence-electron chi connectivity index (χ2n) is 7.71. The highest BCUT2D eigenvalue weighted by molar-refractivity contribution is 5.95. The number of benzene rings is 1. The van der Waals surface area contributed by atoms with Crippen molar-refractivity contribution in [2.24, 2.45) is 11.8 Å². The van der Waals surface area contributed by atoms with E-state index in [0.29, 0.717) is 38.5 Å². The zero-order chi connectivity index (χ0) is 18.5. The van der Waals surface area contributed by atoms with Gasteiger partial charge in [-0.3, -0.25) is 19.2 Å². The summed E-state index contributed by atoms with van der Waals surface area (Å²) in [5, 5.41) is 0. The summed E-state index contributed by atoms with van der Waals surface area (Å²) in [6, 6.07) is 8.23. The highest BCUT2D eigenvalue weighted by Crippen LogP contribution is 2.25. The van der Waals surface area contributed by atoms with Gasteiger partial charge in [0.1, 0.15) is 23.1 Å². The molecular weight excluding hydrogens is 328 g/mol. The second kappa shape index (κ2) is 8.52. The molecule has 2 unspecified atom stereocenters. The molecule has 4 nitrogen and oxygen atoms in total. The second-order valence-corrected chi connectivity index (χ2v) is 7.71. The number of carbonyl (C=O) groups is 4. The molecule has 0 N–H and O–H groups in total. The Morgan fingerprint density at radius 2 is 1.15 bits per heavy atom. The summed E-state index contributed by atoms with van der Waals surface area (Å²) in [7, 11) is 0. The van der Waals surface area contributed by atoms with Crippen molar-refractivity contribution in [3.8, 4) is 0 Å². The highest BCUT2D eigenvalue weighted by Gasteiger charge is 2.27. The van der Waals surface area contributed by atoms with Gasteiger partial charge in [0.05, 0.1) is 0 Å². The van der Waals surface area contributed by atoms with E-state index in [0.717, 1.165) is 25.7 Å². The number of rotatable bonds is 6. The highest BCUT2D eigenvalue weighted by atomic mass is 16.1. The van der Waals surface area contributed by atoms with Crippen molar-refractivity contribution in [1.82, 2.24) is 0 Å². The monoisotopic (exact) mass is 354 g/mol. The van der Waals surface area contributed by atoms with Crippen LogP contribution in [0.2, 0.25) is 0 Å². The van der Waals surface area contributed by atoms with Gasteiger partial charge in [-0.1, -0.05) is 24.3 Å². The van der Waals surface area contributed by atoms with Crippen molar-refractivity contribution in [1.29, 1.82) is 0 Å². The summed E-state index contributed by atoms with van der Waals surface area (Å²) >= 11 is 0. The Morgan fingerprint density at radius 3 is 1.62 bits per heavy atom. The molecule has 0 amide bonds. The van der Waals surface area contributed by atoms with E-state index in [4.69, 9.17) is 0 Å². The van der Waals surface area contributed by atoms with E-state index in [-0.39, 0.29) is 35.0 Å². The molecule has 4 heteroatoms. The topological polar surface area (TPSA) is 68.3 Å². The first kappa shape index (κ1) is 18.7. The van der Waals surface area contributed by atoms with Gasteiger partial charge in [0.2, 0.25) is 0 Å². The number of hydrogen-bond acceptors (Lipinski definition) is 4. The Morgan fingerprint density at radius 1 is 0.692 bits per heavy atom. The average Bonchev–Trinajstić information content (AvgIpc) is 2.63. The lowest BCUT2D eigenvalue weighted by atomic mass is 9.82. The third kappa shape index (κ3) is 4.96. The van der Waals surface area contributed by atoms with Crippen LogP contribution in [0.5, 0.6) is 0 Å². The van der Waals surface area contributed by atoms with E-state index < -0.39 is 0 Å². The van der Waals surface area contributed by atoms with Gasteiger partial charge in [-0.15, -0.1) is 0 Å². The summed E-state index contributed by atoms with van der Waals surface area (Å²) < 4.78 is 0. The molecule has 2 aliphatic rings. The molecule has 0 aliphatic heterocycles. The Bertz CT molecular complexity index is 661. The van der Waals surface area contributed by atoms with E-state index >= 15 is 0 Å². The van der Waals surface area contributed by atoms with E-state index in [1.807, 2.05) is 18.2 Å². The standard InChI is InChI=1S/C22H26O4/c23-19-8-10-21(25)17(13-19)6-4-15-2-1-3-16(12-15)5-7-18-14-20(24)9-11-22(18)26/h1-3,12,17-18H,4-11,13-14H2. The minimum atomic E-state index is -0.120. The summed E-state index contributed by atoms with van der Waals surface area (Å²) in [6.45, 7) is 0. The average molecular weight is 354 g/mol. The van der Waals surface area contributed by atoms with Gasteiger partial charge in [0, 0.05) is 50.4 Å². The first-order chi connectivity index (χ1) is 12.5. The fourth-order valence-electron chi connectivity index (χ4n) is 4.06. The molecule has 2 aliphatic carbocycles. The predicted octanol–water partition coefficient (Wildman–Crippen LogP) is 3.43. The molecule has 0 spiro atoms. The molecule has 3 rings (SSSR count). The fraction of sp³-hybridized carbons (Fsp3) is 0.545. The SMILES string of the molecule is O=C1CCC(=O)C(CCc2cccc(CCC3CC(=O)CCC3=O)c2)C1. The predicted molar refractivity (Wildman–Crippen MR) is 97.8 cm³/mol. The fourth-order valence-corrected chi connectivity index (χ4v) is 4.06. The van der Waals surface area contributed by atoms with Gasteiger partial charge in [0.25, 0.3) is 0 Å². The molecular formula is C22H26O4. The van der Waals surface area contributed by atoms with Crippen molar-refractivity contribution in [2.75, 3.05) is 0 Å². The zero-order valence-corrected chi connectivity index (χ0v) is 15.2. The number of hydrogen-bond donors (Lipinski definition) is 0. The minimum Gasteiger partial charge on any atom is -0.300 e. The molecule has 0 saturated heterocycles. The van der Waals surface area contributed by atoms with Crippen LogP contribution in [0.4, 0.5) is 0 Å². The van der Waals surface area contributed by atoms with E-state index in [2.05, 4.69) is 6.07 Å². The summed E-state index contributed by atoms with van der Waals surface area (Å²) in [5.74, 6) is 0.615. The van der Waals surface area contributed by atoms with Crippen molar-refractivity contribution in [2.45, 2.75) is 64.2 Å². The van der Waals surface area contributed by atoms with Gasteiger partial charge >= 0.3 is 0 Å². The van der Waals surface area contributed by atoms with Crippen LogP contribution >= 0.6 is 0 Å². The van der Waals surface area contributed by atoms with Crippen molar-refractivity contribution in [3.63, 3.8) is 0 Å². The van der Waals surface area contributed by atoms with Crippen LogP contribution in [0.15, 0.2) is 24.3 Å². The van der Waals surface area contributed by atoms with Gasteiger partial charge in [-0.2, -0.15) is 0 Å². The molecule has 26 heavy (non-hydrogen) atoms. The van der Waals surface area contributed by atoms with Gasteiger partial charge in [0.15, 0.2) is 0 Å². The molecule has 0 aromatic heterocycles. The molecule has 0 radical (unpaired) electrons. The maximum absolute atomic E-state index is 12.0. The van der Waals surface area contributed by atoms with Crippen molar-refractivity contribution >= 4 is 23.1 Å². The number of carbonyl (C=O) groups excluding carboxylic acids is 4. The van der Waals surface area contributed by atoms with Crippen LogP contribution in [-0.2, 0) is 32.0 Å². The maximum Gasteiger partial charge on any atom is 0.136 e. The summed E-state index contributed by atoms with van der Waals surface area (Å²) in [6.07, 6.45) is 5.45. The van der Waals surface area contributed by atoms with E-state index in [9.17, 15) is 19.2 Å². The molecule has 0 bridgehead atoms. The smallest absolute Gasteiger partial charge is 0.136 e. The largest absolute Gasteiger partial charge is 0.300 e. The third-order valence-corrected chi connectivity index (χ3v) is 5.71. The normalized spacial score (nSPS) is 24.2. The molecule has 2 atom stereocenters. The number of Topliss-reactive ketones (excluding diaryl/α,β-unsaturated/α-hetero) is 4. The van der Waals surface area contributed by atoms with Crippen LogP contribution < -0.4 is 0 Å². The van der Waals surface area contributed by atoms with Crippen LogP contribution in [0.25, 0.3) is 0 Å². The summed E-state index contributed by atoms with van der Waals surface area (Å²) in [4.78, 5) is 47.0. The Hall–Kier alpha value is -2.10. The zero-order valence-electron chi connectivity index (χ0n) is 15.2. The summed E-state index contributed by atoms with van der Waals surface area (Å²) in [5.41, 5.74) is 2.33. The first-order valence-electron chi connectivity index (χ1n) is 9.68. The number of aryl methyl sites for hydroxylation is 2. The molecule has 2 saturated carbocycles. The Balaban J connectivity index is 1.53. The lowest BCUT2D eigenvalue weighted by molar-refractivity contribution is -0.133. The molecule has 0 heterocycles. The van der Waals surface area contributed by atoms with Crippen molar-refractivity contribution < 1.29 is 19.2 Å². The number of ketones is 4. The molecule has 1 aromatic rings. The van der Waals surface area contributed by atoms with Gasteiger partial charge in [-0.05, 0) is 36.8 Å². The molecule has 2 fully saturated rings. The molecule has 138 valence electrons. The lowest BCUT2D eigenvalue weighted by Gasteiger charge is -2.20. The van der Waals surface area contributed by atoms with Crippen LogP contribution in [0, 0.1) is 11.8 Å². The van der Waals surface area contributed by atoms with Gasteiger partial charge in [-0.25, -0.2) is 0 Å². The van der Waals surface area contributed by atoms with Crippen LogP contribution in [0.3, 0.4) is 0 Å². The first-order valence-corrected chi connectivity index (χ1v) is 9.68. The van der Waals surface area contributed by atoms with Crippen LogP contribution in [-0.4, -0.2) is 23.1 Å². The van der Waals surface area contributed by atoms with E-state index in [1.54, 1.807) is 0 Å². The van der Waals surface area contributed by atoms with Crippen LogP contribution in [0.1, 0.15) is 62.5 Å². The minimum absolute atomic E-state index is 0.120. The lowest BCUT2D eigenvalue weighted by Crippen LogP contribution is -2.25. The Labute approximate surface area is 154 Å². The quantitative estimate of drug-likeness (QED) is 0.785. The Kier molecular flexibility index (Phi) is 6.12. The molecule has 1 aromatic carbocycles. The maximum atomic E-state index is 12.0. The third-order valence-electron chi connectivity index (χ3n) is 5.71. The van der Waals surface area contributed by atoms with E-state index in [1.165, 1.54) is 11.1 Å². The van der Waals surface area contributed by atoms with Crippen molar-refractivity contribution in [3.05, 3.63) is 35.4 Å².